The first-order valence-corrected chi connectivity index (χ1v) is 8.41. The number of fused-ring (bicyclic) bond motifs is 3. The van der Waals surface area contributed by atoms with Gasteiger partial charge in [0.05, 0.1) is 5.56 Å². The Morgan fingerprint density at radius 3 is 2.32 bits per heavy atom. The Kier molecular flexibility index (Phi) is 3.53. The number of benzene rings is 3. The zero-order valence-electron chi connectivity index (χ0n) is 14.6. The van der Waals surface area contributed by atoms with Crippen LogP contribution in [0.4, 0.5) is 10.3 Å². The molecule has 4 aromatic rings. The Balaban J connectivity index is 2.08. The van der Waals surface area contributed by atoms with Gasteiger partial charge in [0.1, 0.15) is 11.4 Å². The highest BCUT2D eigenvalue weighted by molar-refractivity contribution is 6.15. The maximum absolute atomic E-state index is 13.4. The van der Waals surface area contributed by atoms with Gasteiger partial charge >= 0.3 is 0 Å². The van der Waals surface area contributed by atoms with Crippen molar-refractivity contribution in [3.63, 3.8) is 0 Å². The monoisotopic (exact) mass is 333 g/mol. The first-order chi connectivity index (χ1) is 11.9. The second-order valence-corrected chi connectivity index (χ2v) is 7.35. The minimum atomic E-state index is -0.244. The lowest BCUT2D eigenvalue weighted by atomic mass is 9.98. The molecule has 1 aromatic heterocycles. The number of hydrogen-bond donors (Lipinski definition) is 1. The lowest BCUT2D eigenvalue weighted by Crippen LogP contribution is -2.26. The van der Waals surface area contributed by atoms with Crippen molar-refractivity contribution in [2.24, 2.45) is 0 Å². The van der Waals surface area contributed by atoms with Crippen LogP contribution in [0.1, 0.15) is 20.8 Å². The molecule has 0 radical (unpaired) electrons. The average molecular weight is 333 g/mol. The second kappa shape index (κ2) is 5.62. The third-order valence-electron chi connectivity index (χ3n) is 4.20. The fourth-order valence-electron chi connectivity index (χ4n) is 3.19. The summed E-state index contributed by atoms with van der Waals surface area (Å²) in [6, 6.07) is 18.9. The van der Waals surface area contributed by atoms with Crippen molar-refractivity contribution in [3.8, 4) is 11.1 Å². The Morgan fingerprint density at radius 2 is 1.60 bits per heavy atom. The lowest BCUT2D eigenvalue weighted by molar-refractivity contribution is 0.566. The molecule has 0 aliphatic carbocycles. The first-order valence-electron chi connectivity index (χ1n) is 8.41. The van der Waals surface area contributed by atoms with Gasteiger partial charge < -0.3 is 9.73 Å². The van der Waals surface area contributed by atoms with Crippen molar-refractivity contribution < 1.29 is 8.81 Å². The number of hydrogen-bond acceptors (Lipinski definition) is 2. The molecule has 3 heteroatoms. The molecule has 0 saturated heterocycles. The van der Waals surface area contributed by atoms with Crippen molar-refractivity contribution >= 4 is 27.6 Å². The summed E-state index contributed by atoms with van der Waals surface area (Å²) >= 11 is 0. The molecule has 1 N–H and O–H groups in total. The van der Waals surface area contributed by atoms with Gasteiger partial charge in [0.25, 0.3) is 0 Å². The van der Waals surface area contributed by atoms with Crippen molar-refractivity contribution in [1.82, 2.24) is 0 Å². The van der Waals surface area contributed by atoms with Crippen molar-refractivity contribution in [3.05, 3.63) is 66.5 Å². The lowest BCUT2D eigenvalue weighted by Gasteiger charge is -2.21. The van der Waals surface area contributed by atoms with E-state index >= 15 is 0 Å². The smallest absolute Gasteiger partial charge is 0.202 e. The van der Waals surface area contributed by atoms with E-state index in [0.717, 1.165) is 32.9 Å². The SMILES string of the molecule is CC(C)(C)Nc1oc2ccc3ccccc3c2c1-c1ccc(F)cc1. The molecule has 0 aliphatic rings. The van der Waals surface area contributed by atoms with Crippen LogP contribution in [0.3, 0.4) is 0 Å². The Labute approximate surface area is 146 Å². The minimum Gasteiger partial charge on any atom is -0.440 e. The molecule has 0 saturated carbocycles. The van der Waals surface area contributed by atoms with E-state index in [0.29, 0.717) is 5.88 Å². The molecule has 0 fully saturated rings. The highest BCUT2D eigenvalue weighted by Gasteiger charge is 2.21. The molecule has 0 amide bonds. The van der Waals surface area contributed by atoms with Crippen LogP contribution in [0.15, 0.2) is 65.1 Å². The summed E-state index contributed by atoms with van der Waals surface area (Å²) in [4.78, 5) is 0. The molecule has 1 heterocycles. The third kappa shape index (κ3) is 2.86. The van der Waals surface area contributed by atoms with E-state index in [9.17, 15) is 4.39 Å². The largest absolute Gasteiger partial charge is 0.440 e. The molecule has 0 aliphatic heterocycles. The number of nitrogens with one attached hydrogen (secondary N) is 1. The number of rotatable bonds is 2. The van der Waals surface area contributed by atoms with Crippen LogP contribution >= 0.6 is 0 Å². The van der Waals surface area contributed by atoms with Gasteiger partial charge in [-0.1, -0.05) is 42.5 Å². The van der Waals surface area contributed by atoms with E-state index < -0.39 is 0 Å². The van der Waals surface area contributed by atoms with Gasteiger partial charge in [-0.05, 0) is 55.3 Å². The first kappa shape index (κ1) is 15.7. The van der Waals surface area contributed by atoms with Crippen molar-refractivity contribution in [2.45, 2.75) is 26.3 Å². The summed E-state index contributed by atoms with van der Waals surface area (Å²) in [7, 11) is 0. The summed E-state index contributed by atoms with van der Waals surface area (Å²) in [5, 5.41) is 6.79. The van der Waals surface area contributed by atoms with Crippen molar-refractivity contribution in [2.75, 3.05) is 5.32 Å². The topological polar surface area (TPSA) is 25.2 Å². The molecule has 126 valence electrons. The van der Waals surface area contributed by atoms with E-state index in [2.05, 4.69) is 44.3 Å². The minimum absolute atomic E-state index is 0.154. The predicted molar refractivity (Wildman–Crippen MR) is 102 cm³/mol. The molecule has 0 atom stereocenters. The highest BCUT2D eigenvalue weighted by Crippen LogP contribution is 2.42. The zero-order valence-corrected chi connectivity index (χ0v) is 14.6. The summed E-state index contributed by atoms with van der Waals surface area (Å²) in [5.74, 6) is 0.470. The summed E-state index contributed by atoms with van der Waals surface area (Å²) in [5.41, 5.74) is 2.58. The summed E-state index contributed by atoms with van der Waals surface area (Å²) in [6.07, 6.45) is 0. The van der Waals surface area contributed by atoms with Gasteiger partial charge in [0, 0.05) is 10.9 Å². The van der Waals surface area contributed by atoms with E-state index in [1.165, 1.54) is 12.1 Å². The third-order valence-corrected chi connectivity index (χ3v) is 4.20. The summed E-state index contributed by atoms with van der Waals surface area (Å²) in [6.45, 7) is 6.27. The van der Waals surface area contributed by atoms with Crippen molar-refractivity contribution in [1.29, 1.82) is 0 Å². The normalized spacial score (nSPS) is 12.0. The van der Waals surface area contributed by atoms with Gasteiger partial charge in [-0.15, -0.1) is 0 Å². The highest BCUT2D eigenvalue weighted by atomic mass is 19.1. The zero-order chi connectivity index (χ0) is 17.6. The van der Waals surface area contributed by atoms with Crippen LogP contribution < -0.4 is 5.32 Å². The standard InChI is InChI=1S/C22H20FNO/c1-22(2,3)24-21-19(15-8-11-16(23)12-9-15)20-17-7-5-4-6-14(17)10-13-18(20)25-21/h4-13,24H,1-3H3. The average Bonchev–Trinajstić information content (AvgIpc) is 2.92. The molecule has 25 heavy (non-hydrogen) atoms. The van der Waals surface area contributed by atoms with E-state index in [1.807, 2.05) is 18.2 Å². The van der Waals surface area contributed by atoms with Gasteiger partial charge in [-0.3, -0.25) is 0 Å². The van der Waals surface area contributed by atoms with Crippen LogP contribution in [0, 0.1) is 5.82 Å². The molecular formula is C22H20FNO. The van der Waals surface area contributed by atoms with Gasteiger partial charge in [0.15, 0.2) is 0 Å². The number of furan rings is 1. The molecule has 2 nitrogen and oxygen atoms in total. The molecule has 4 rings (SSSR count). The molecule has 0 bridgehead atoms. The Bertz CT molecular complexity index is 1060. The fourth-order valence-corrected chi connectivity index (χ4v) is 3.19. The maximum Gasteiger partial charge on any atom is 0.202 e. The van der Waals surface area contributed by atoms with Crippen LogP contribution in [-0.4, -0.2) is 5.54 Å². The van der Waals surface area contributed by atoms with E-state index in [1.54, 1.807) is 12.1 Å². The van der Waals surface area contributed by atoms with Crippen LogP contribution in [0.25, 0.3) is 32.9 Å². The Morgan fingerprint density at radius 1 is 0.880 bits per heavy atom. The number of halogens is 1. The predicted octanol–water partition coefficient (Wildman–Crippen LogP) is 6.60. The van der Waals surface area contributed by atoms with E-state index in [-0.39, 0.29) is 11.4 Å². The molecule has 0 spiro atoms. The van der Waals surface area contributed by atoms with Gasteiger partial charge in [-0.25, -0.2) is 4.39 Å². The quantitative estimate of drug-likeness (QED) is 0.447. The van der Waals surface area contributed by atoms with Crippen LogP contribution in [0.2, 0.25) is 0 Å². The maximum atomic E-state index is 13.4. The molecule has 0 unspecified atom stereocenters. The van der Waals surface area contributed by atoms with Crippen LogP contribution in [-0.2, 0) is 0 Å². The van der Waals surface area contributed by atoms with Gasteiger partial charge in [-0.2, -0.15) is 0 Å². The number of anilines is 1. The molecule has 3 aromatic carbocycles. The van der Waals surface area contributed by atoms with Crippen LogP contribution in [0.5, 0.6) is 0 Å². The molecular weight excluding hydrogens is 313 g/mol. The Hall–Kier alpha value is -2.81. The fraction of sp³-hybridized carbons (Fsp3) is 0.182. The summed E-state index contributed by atoms with van der Waals surface area (Å²) < 4.78 is 19.6. The van der Waals surface area contributed by atoms with Gasteiger partial charge in [0.2, 0.25) is 5.88 Å². The van der Waals surface area contributed by atoms with E-state index in [4.69, 9.17) is 4.42 Å². The second-order valence-electron chi connectivity index (χ2n) is 7.35.